The molecule has 0 aliphatic carbocycles. The molecule has 1 aromatic rings. The summed E-state index contributed by atoms with van der Waals surface area (Å²) < 4.78 is 15.5. The second kappa shape index (κ2) is 6.64. The quantitative estimate of drug-likeness (QED) is 0.737. The highest BCUT2D eigenvalue weighted by Gasteiger charge is 2.26. The summed E-state index contributed by atoms with van der Waals surface area (Å²) in [4.78, 5) is 12.3. The number of Topliss-reactive ketones (excluding diaryl/α,β-unsaturated/α-hetero) is 1. The van der Waals surface area contributed by atoms with Gasteiger partial charge in [0.05, 0.1) is 27.4 Å². The van der Waals surface area contributed by atoms with Crippen molar-refractivity contribution in [2.75, 3.05) is 21.3 Å². The van der Waals surface area contributed by atoms with Gasteiger partial charge in [0.2, 0.25) is 0 Å². The molecule has 1 rings (SSSR count). The number of rotatable bonds is 6. The molecule has 19 heavy (non-hydrogen) atoms. The zero-order chi connectivity index (χ0) is 14.4. The summed E-state index contributed by atoms with van der Waals surface area (Å²) in [5.41, 5.74) is 0.277. The minimum absolute atomic E-state index is 0.277. The Balaban J connectivity index is 3.40. The van der Waals surface area contributed by atoms with Crippen LogP contribution in [0.2, 0.25) is 0 Å². The van der Waals surface area contributed by atoms with E-state index in [9.17, 15) is 4.79 Å². The molecule has 0 bridgehead atoms. The van der Waals surface area contributed by atoms with Crippen molar-refractivity contribution in [3.05, 3.63) is 17.7 Å². The maximum Gasteiger partial charge on any atom is 0.187 e. The fraction of sp³-hybridized carbons (Fsp3) is 0.429. The van der Waals surface area contributed by atoms with Crippen molar-refractivity contribution in [2.45, 2.75) is 13.3 Å². The molecule has 0 saturated heterocycles. The highest BCUT2D eigenvalue weighted by molar-refractivity contribution is 6.04. The Labute approximate surface area is 112 Å². The average Bonchev–Trinajstić information content (AvgIpc) is 2.46. The van der Waals surface area contributed by atoms with Crippen molar-refractivity contribution < 1.29 is 19.0 Å². The van der Waals surface area contributed by atoms with Crippen molar-refractivity contribution in [3.63, 3.8) is 0 Å². The first-order valence-corrected chi connectivity index (χ1v) is 5.86. The Kier molecular flexibility index (Phi) is 5.19. The molecule has 0 N–H and O–H groups in total. The van der Waals surface area contributed by atoms with Crippen molar-refractivity contribution in [1.82, 2.24) is 0 Å². The van der Waals surface area contributed by atoms with Crippen LogP contribution >= 0.6 is 0 Å². The van der Waals surface area contributed by atoms with Gasteiger partial charge in [-0.15, -0.1) is 0 Å². The molecule has 0 aliphatic heterocycles. The number of ketones is 1. The Bertz CT molecular complexity index is 480. The number of ether oxygens (including phenoxy) is 3. The normalized spacial score (nSPS) is 11.3. The number of methoxy groups -OCH3 is 3. The van der Waals surface area contributed by atoms with E-state index >= 15 is 0 Å². The first kappa shape index (κ1) is 14.8. The molecular formula is C14H17NO4. The maximum absolute atomic E-state index is 12.3. The van der Waals surface area contributed by atoms with Crippen LogP contribution in [-0.4, -0.2) is 27.1 Å². The zero-order valence-electron chi connectivity index (χ0n) is 11.5. The summed E-state index contributed by atoms with van der Waals surface area (Å²) in [6.07, 6.45) is 0.438. The molecule has 0 amide bonds. The van der Waals surface area contributed by atoms with E-state index in [1.165, 1.54) is 21.3 Å². The van der Waals surface area contributed by atoms with Crippen molar-refractivity contribution >= 4 is 5.78 Å². The molecule has 1 aromatic carbocycles. The monoisotopic (exact) mass is 263 g/mol. The maximum atomic E-state index is 12.3. The molecule has 5 nitrogen and oxygen atoms in total. The molecule has 0 spiro atoms. The number of nitriles is 1. The fourth-order valence-corrected chi connectivity index (χ4v) is 1.76. The third-order valence-electron chi connectivity index (χ3n) is 2.84. The largest absolute Gasteiger partial charge is 0.496 e. The fourth-order valence-electron chi connectivity index (χ4n) is 1.76. The summed E-state index contributed by atoms with van der Waals surface area (Å²) in [5, 5.41) is 9.01. The van der Waals surface area contributed by atoms with Crippen LogP contribution in [0.5, 0.6) is 17.2 Å². The van der Waals surface area contributed by atoms with Crippen LogP contribution in [0, 0.1) is 17.2 Å². The number of carbonyl (C=O) groups is 1. The average molecular weight is 263 g/mol. The summed E-state index contributed by atoms with van der Waals surface area (Å²) in [7, 11) is 4.43. The molecule has 1 atom stereocenters. The Hall–Kier alpha value is -2.22. The summed E-state index contributed by atoms with van der Waals surface area (Å²) >= 11 is 0. The van der Waals surface area contributed by atoms with Gasteiger partial charge in [0, 0.05) is 12.1 Å². The van der Waals surface area contributed by atoms with E-state index in [1.54, 1.807) is 19.1 Å². The lowest BCUT2D eigenvalue weighted by Gasteiger charge is -2.15. The minimum Gasteiger partial charge on any atom is -0.496 e. The molecule has 5 heteroatoms. The van der Waals surface area contributed by atoms with Crippen LogP contribution in [0.25, 0.3) is 0 Å². The van der Waals surface area contributed by atoms with E-state index in [0.717, 1.165) is 0 Å². The lowest BCUT2D eigenvalue weighted by atomic mass is 9.95. The van der Waals surface area contributed by atoms with E-state index in [-0.39, 0.29) is 11.3 Å². The molecule has 0 fully saturated rings. The van der Waals surface area contributed by atoms with E-state index in [0.29, 0.717) is 23.7 Å². The Morgan fingerprint density at radius 3 is 2.05 bits per heavy atom. The molecule has 0 saturated carbocycles. The minimum atomic E-state index is -0.712. The second-order valence-electron chi connectivity index (χ2n) is 3.86. The van der Waals surface area contributed by atoms with Crippen LogP contribution in [-0.2, 0) is 0 Å². The van der Waals surface area contributed by atoms with Gasteiger partial charge in [-0.05, 0) is 6.42 Å². The van der Waals surface area contributed by atoms with Gasteiger partial charge in [-0.2, -0.15) is 5.26 Å². The van der Waals surface area contributed by atoms with Crippen molar-refractivity contribution in [3.8, 4) is 23.3 Å². The topological polar surface area (TPSA) is 68.6 Å². The van der Waals surface area contributed by atoms with E-state index in [1.807, 2.05) is 6.07 Å². The first-order chi connectivity index (χ1) is 9.12. The standard InChI is InChI=1S/C14H17NO4/c1-5-9(8-15)14(16)13-11(18-3)6-10(17-2)7-12(13)19-4/h6-7,9H,5H2,1-4H3. The Morgan fingerprint density at radius 2 is 1.74 bits per heavy atom. The third kappa shape index (κ3) is 2.97. The lowest BCUT2D eigenvalue weighted by Crippen LogP contribution is -2.14. The van der Waals surface area contributed by atoms with Crippen LogP contribution < -0.4 is 14.2 Å². The van der Waals surface area contributed by atoms with Gasteiger partial charge < -0.3 is 14.2 Å². The van der Waals surface area contributed by atoms with Crippen LogP contribution in [0.15, 0.2) is 12.1 Å². The van der Waals surface area contributed by atoms with Gasteiger partial charge in [-0.1, -0.05) is 6.92 Å². The molecule has 1 unspecified atom stereocenters. The van der Waals surface area contributed by atoms with E-state index in [4.69, 9.17) is 19.5 Å². The smallest absolute Gasteiger partial charge is 0.187 e. The predicted octanol–water partition coefficient (Wildman–Crippen LogP) is 2.44. The molecule has 0 aliphatic rings. The molecule has 102 valence electrons. The van der Waals surface area contributed by atoms with E-state index in [2.05, 4.69) is 0 Å². The van der Waals surface area contributed by atoms with Crippen molar-refractivity contribution in [1.29, 1.82) is 5.26 Å². The number of carbonyl (C=O) groups excluding carboxylic acids is 1. The number of benzene rings is 1. The predicted molar refractivity (Wildman–Crippen MR) is 69.8 cm³/mol. The van der Waals surface area contributed by atoms with Gasteiger partial charge in [0.1, 0.15) is 28.7 Å². The highest BCUT2D eigenvalue weighted by Crippen LogP contribution is 2.35. The number of hydrogen-bond acceptors (Lipinski definition) is 5. The van der Waals surface area contributed by atoms with Crippen molar-refractivity contribution in [2.24, 2.45) is 5.92 Å². The Morgan fingerprint density at radius 1 is 1.21 bits per heavy atom. The van der Waals surface area contributed by atoms with Gasteiger partial charge >= 0.3 is 0 Å². The molecule has 0 heterocycles. The summed E-state index contributed by atoms with van der Waals surface area (Å²) in [6.45, 7) is 1.79. The van der Waals surface area contributed by atoms with Crippen LogP contribution in [0.1, 0.15) is 23.7 Å². The number of nitrogens with zero attached hydrogens (tertiary/aromatic N) is 1. The third-order valence-corrected chi connectivity index (χ3v) is 2.84. The molecule has 0 aromatic heterocycles. The van der Waals surface area contributed by atoms with Gasteiger partial charge in [0.25, 0.3) is 0 Å². The van der Waals surface area contributed by atoms with Crippen LogP contribution in [0.3, 0.4) is 0 Å². The van der Waals surface area contributed by atoms with Crippen LogP contribution in [0.4, 0.5) is 0 Å². The highest BCUT2D eigenvalue weighted by atomic mass is 16.5. The van der Waals surface area contributed by atoms with Gasteiger partial charge in [-0.25, -0.2) is 0 Å². The lowest BCUT2D eigenvalue weighted by molar-refractivity contribution is 0.0940. The molecular weight excluding hydrogens is 246 g/mol. The van der Waals surface area contributed by atoms with E-state index < -0.39 is 5.92 Å². The summed E-state index contributed by atoms with van der Waals surface area (Å²) in [6, 6.07) is 5.18. The van der Waals surface area contributed by atoms with Gasteiger partial charge in [0.15, 0.2) is 5.78 Å². The van der Waals surface area contributed by atoms with Gasteiger partial charge in [-0.3, -0.25) is 4.79 Å². The zero-order valence-corrected chi connectivity index (χ0v) is 11.5. The first-order valence-electron chi connectivity index (χ1n) is 5.86. The second-order valence-corrected chi connectivity index (χ2v) is 3.86. The molecule has 0 radical (unpaired) electrons. The summed E-state index contributed by atoms with van der Waals surface area (Å²) in [5.74, 6) is 0.192. The number of hydrogen-bond donors (Lipinski definition) is 0. The SMILES string of the molecule is CCC(C#N)C(=O)c1c(OC)cc(OC)cc1OC.